The predicted octanol–water partition coefficient (Wildman–Crippen LogP) is 4.06. The first-order valence-corrected chi connectivity index (χ1v) is 7.32. The van der Waals surface area contributed by atoms with Crippen molar-refractivity contribution in [2.45, 2.75) is 39.2 Å². The first kappa shape index (κ1) is 11.6. The quantitative estimate of drug-likeness (QED) is 0.854. The molecule has 0 amide bonds. The van der Waals surface area contributed by atoms with Crippen LogP contribution in [0, 0.1) is 0 Å². The smallest absolute Gasteiger partial charge is 0.148 e. The number of nitrogens with one attached hydrogen (secondary N) is 1. The van der Waals surface area contributed by atoms with E-state index in [2.05, 4.69) is 42.8 Å². The highest BCUT2D eigenvalue weighted by Crippen LogP contribution is 2.46. The predicted molar refractivity (Wildman–Crippen MR) is 84.2 cm³/mol. The van der Waals surface area contributed by atoms with Crippen molar-refractivity contribution in [3.63, 3.8) is 0 Å². The van der Waals surface area contributed by atoms with Crippen LogP contribution in [-0.2, 0) is 0 Å². The molecule has 2 aromatic rings. The van der Waals surface area contributed by atoms with E-state index in [1.54, 1.807) is 0 Å². The first-order chi connectivity index (χ1) is 9.67. The summed E-state index contributed by atoms with van der Waals surface area (Å²) in [6, 6.07) is 4.74. The first-order valence-electron chi connectivity index (χ1n) is 7.41. The second-order valence-electron chi connectivity index (χ2n) is 5.53. The fourth-order valence-electron chi connectivity index (χ4n) is 3.21. The fraction of sp³-hybridized carbons (Fsp3) is 0.467. The number of nitrogens with zero attached hydrogens (tertiary/aromatic N) is 1. The van der Waals surface area contributed by atoms with Gasteiger partial charge in [0.05, 0.1) is 16.2 Å². The van der Waals surface area contributed by atoms with Crippen LogP contribution in [0.5, 0.6) is 5.75 Å². The molecule has 1 aromatic carbocycles. The van der Waals surface area contributed by atoms with Gasteiger partial charge in [-0.1, -0.05) is 6.92 Å². The van der Waals surface area contributed by atoms with Crippen molar-refractivity contribution < 1.29 is 4.52 Å². The van der Waals surface area contributed by atoms with Gasteiger partial charge in [-0.3, -0.25) is 0 Å². The van der Waals surface area contributed by atoms with Crippen LogP contribution < -0.4 is 9.42 Å². The van der Waals surface area contributed by atoms with Crippen molar-refractivity contribution in [2.75, 3.05) is 11.4 Å². The fourth-order valence-corrected chi connectivity index (χ4v) is 3.37. The molecule has 3 nitrogen and oxygen atoms in total. The van der Waals surface area contributed by atoms with Gasteiger partial charge in [-0.05, 0) is 31.9 Å². The number of anilines is 1. The van der Waals surface area contributed by atoms with Gasteiger partial charge >= 0.3 is 0 Å². The van der Waals surface area contributed by atoms with E-state index in [9.17, 15) is 0 Å². The maximum absolute atomic E-state index is 7.35. The number of hydrogen-bond acceptors (Lipinski definition) is 2. The molecule has 102 valence electrons. The molecule has 3 rings (SSSR count). The van der Waals surface area contributed by atoms with Crippen LogP contribution in [0.3, 0.4) is 0 Å². The molecule has 4 heteroatoms. The minimum Gasteiger partial charge on any atom is -0.478 e. The zero-order chi connectivity index (χ0) is 14.3. The van der Waals surface area contributed by atoms with Crippen molar-refractivity contribution in [1.29, 1.82) is 1.28 Å². The number of aromatic amines is 1. The normalized spacial score (nSPS) is 19.7. The van der Waals surface area contributed by atoms with Crippen LogP contribution in [0.25, 0.3) is 10.9 Å². The molecular weight excluding hydrogens is 255 g/mol. The van der Waals surface area contributed by atoms with E-state index in [0.717, 1.165) is 24.2 Å². The largest absolute Gasteiger partial charge is 0.478 e. The molecule has 1 aromatic heterocycles. The lowest BCUT2D eigenvalue weighted by Gasteiger charge is -2.24. The van der Waals surface area contributed by atoms with Crippen LogP contribution in [0.4, 0.5) is 5.69 Å². The highest BCUT2D eigenvalue weighted by molar-refractivity contribution is 7.10. The van der Waals surface area contributed by atoms with Crippen molar-refractivity contribution >= 4 is 26.0 Å². The Kier molecular flexibility index (Phi) is 2.88. The monoisotopic (exact) mass is 277 g/mol. The Morgan fingerprint density at radius 3 is 3.16 bits per heavy atom. The third-order valence-electron chi connectivity index (χ3n) is 4.19. The maximum Gasteiger partial charge on any atom is 0.148 e. The van der Waals surface area contributed by atoms with E-state index in [0.29, 0.717) is 12.0 Å². The lowest BCUT2D eigenvalue weighted by molar-refractivity contribution is 0.630. The van der Waals surface area contributed by atoms with E-state index in [-0.39, 0.29) is 9.41 Å². The molecule has 0 radical (unpaired) electrons. The van der Waals surface area contributed by atoms with Gasteiger partial charge in [0.2, 0.25) is 0 Å². The molecule has 19 heavy (non-hydrogen) atoms. The molecule has 2 heterocycles. The van der Waals surface area contributed by atoms with Crippen molar-refractivity contribution in [3.8, 4) is 5.75 Å². The molecule has 1 aliphatic rings. The van der Waals surface area contributed by atoms with Gasteiger partial charge in [-0.15, -0.1) is 0 Å². The lowest BCUT2D eigenvalue weighted by atomic mass is 9.95. The summed E-state index contributed by atoms with van der Waals surface area (Å²) in [6.45, 7) is 7.80. The highest BCUT2D eigenvalue weighted by atomic mass is 31.0. The summed E-state index contributed by atoms with van der Waals surface area (Å²) in [4.78, 5) is 5.72. The SMILES string of the molecule is [2H]POc1cc2c(c3cc[nH]c13)[C@H](CC)CN2C(C)C. The number of H-pyrrole nitrogens is 1. The van der Waals surface area contributed by atoms with Gasteiger partial charge in [0.25, 0.3) is 0 Å². The zero-order valence-electron chi connectivity index (χ0n) is 12.7. The summed E-state index contributed by atoms with van der Waals surface area (Å²) in [5.41, 5.74) is 3.76. The summed E-state index contributed by atoms with van der Waals surface area (Å²) in [7, 11) is -0.282. The van der Waals surface area contributed by atoms with Crippen LogP contribution in [0.15, 0.2) is 18.3 Å². The molecule has 0 aliphatic carbocycles. The molecular formula is C15H21N2OP. The van der Waals surface area contributed by atoms with E-state index in [1.807, 2.05) is 6.20 Å². The Bertz CT molecular complexity index is 626. The molecule has 1 aliphatic heterocycles. The maximum atomic E-state index is 7.35. The molecule has 0 fully saturated rings. The summed E-state index contributed by atoms with van der Waals surface area (Å²) in [6.07, 6.45) is 3.12. The molecule has 0 spiro atoms. The van der Waals surface area contributed by atoms with Crippen LogP contribution in [-0.4, -0.2) is 18.8 Å². The van der Waals surface area contributed by atoms with Gasteiger partial charge in [-0.25, -0.2) is 0 Å². The zero-order valence-corrected chi connectivity index (χ0v) is 12.7. The van der Waals surface area contributed by atoms with E-state index in [1.165, 1.54) is 16.6 Å². The number of hydrogen-bond donors (Lipinski definition) is 1. The number of rotatable bonds is 4. The molecule has 0 saturated carbocycles. The molecule has 0 bridgehead atoms. The van der Waals surface area contributed by atoms with E-state index < -0.39 is 0 Å². The second kappa shape index (κ2) is 4.72. The van der Waals surface area contributed by atoms with Gasteiger partial charge in [0, 0.05) is 41.8 Å². The van der Waals surface area contributed by atoms with Crippen molar-refractivity contribution in [2.24, 2.45) is 0 Å². The summed E-state index contributed by atoms with van der Waals surface area (Å²) in [5.74, 6) is 1.39. The topological polar surface area (TPSA) is 28.3 Å². The Morgan fingerprint density at radius 2 is 2.47 bits per heavy atom. The third kappa shape index (κ3) is 1.83. The number of aromatic nitrogens is 1. The Hall–Kier alpha value is -1.21. The van der Waals surface area contributed by atoms with Gasteiger partial charge in [0.1, 0.15) is 5.75 Å². The van der Waals surface area contributed by atoms with Gasteiger partial charge in [-0.2, -0.15) is 0 Å². The van der Waals surface area contributed by atoms with Crippen molar-refractivity contribution in [3.05, 3.63) is 23.9 Å². The molecule has 1 N–H and O–H groups in total. The van der Waals surface area contributed by atoms with Crippen LogP contribution in [0.2, 0.25) is 0 Å². The summed E-state index contributed by atoms with van der Waals surface area (Å²) in [5, 5.41) is 1.26. The van der Waals surface area contributed by atoms with E-state index in [4.69, 9.17) is 5.80 Å². The molecule has 2 atom stereocenters. The minimum atomic E-state index is -0.282. The van der Waals surface area contributed by atoms with Gasteiger partial charge in [0.15, 0.2) is 0 Å². The minimum absolute atomic E-state index is 0.282. The Labute approximate surface area is 117 Å². The Morgan fingerprint density at radius 1 is 1.63 bits per heavy atom. The molecule has 0 saturated heterocycles. The standard InChI is InChI=1S/C15H21N2OP/c1-4-10-8-17(9(2)3)12-7-13(18-19)15-11(14(10)12)5-6-16-15/h5-7,9-10,16H,4,8,19H2,1-3H3/t10-/m1/s1/i19D/t10-,19?. The van der Waals surface area contributed by atoms with Crippen LogP contribution >= 0.6 is 9.41 Å². The van der Waals surface area contributed by atoms with Gasteiger partial charge < -0.3 is 14.4 Å². The average Bonchev–Trinajstić information content (AvgIpc) is 3.02. The summed E-state index contributed by atoms with van der Waals surface area (Å²) >= 11 is 0. The van der Waals surface area contributed by atoms with E-state index >= 15 is 0 Å². The third-order valence-corrected chi connectivity index (χ3v) is 4.41. The lowest BCUT2D eigenvalue weighted by Crippen LogP contribution is -2.29. The summed E-state index contributed by atoms with van der Waals surface area (Å²) < 4.78 is 12.9. The molecule has 1 unspecified atom stereocenters. The second-order valence-corrected chi connectivity index (χ2v) is 5.73. The number of fused-ring (bicyclic) bond motifs is 3. The number of benzene rings is 1. The van der Waals surface area contributed by atoms with Crippen molar-refractivity contribution in [1.82, 2.24) is 4.98 Å². The Balaban J connectivity index is 2.23. The van der Waals surface area contributed by atoms with Crippen LogP contribution in [0.1, 0.15) is 38.7 Å². The highest BCUT2D eigenvalue weighted by Gasteiger charge is 2.32. The average molecular weight is 277 g/mol.